The van der Waals surface area contributed by atoms with Crippen LogP contribution in [0.1, 0.15) is 63.5 Å². The molecule has 7 atom stereocenters. The van der Waals surface area contributed by atoms with Crippen molar-refractivity contribution in [1.82, 2.24) is 58.2 Å². The molecule has 0 aliphatic carbocycles. The number of nitrogens with one attached hydrogen (secondary N) is 14. The van der Waals surface area contributed by atoms with Gasteiger partial charge in [-0.1, -0.05) is 48.5 Å². The van der Waals surface area contributed by atoms with E-state index in [1.807, 2.05) is 6.07 Å². The van der Waals surface area contributed by atoms with Gasteiger partial charge in [0, 0.05) is 61.1 Å². The zero-order valence-electron chi connectivity index (χ0n) is 42.9. The van der Waals surface area contributed by atoms with E-state index in [1.54, 1.807) is 54.7 Å². The summed E-state index contributed by atoms with van der Waals surface area (Å²) in [5.74, 6) is -8.48. The van der Waals surface area contributed by atoms with Crippen LogP contribution in [-0.2, 0) is 51.2 Å². The first-order valence-corrected chi connectivity index (χ1v) is 25.9. The third-order valence-electron chi connectivity index (χ3n) is 11.8. The SMILES string of the molecule is CC(C)(NC(=O)[C@H](CS)NC(=O)[C@@H](N)CCCNC(=N)N)C(=O)N[C@@H](CCCNC(=N)N)C(=O)N[C@H](Cc1ccccc1)C(=O)N[C@@H](CCCNC(=N)N)C(=O)N[C@@H](Cc1c[nH]c2ccccc12)C(=O)N[C@@H](CS)C(=O)O. The van der Waals surface area contributed by atoms with Crippen LogP contribution in [0.3, 0.4) is 0 Å². The van der Waals surface area contributed by atoms with Crippen molar-refractivity contribution in [3.63, 3.8) is 0 Å². The number of nitrogens with two attached hydrogens (primary N) is 4. The normalized spacial score (nSPS) is 13.8. The van der Waals surface area contributed by atoms with Gasteiger partial charge in [0.1, 0.15) is 41.8 Å². The van der Waals surface area contributed by atoms with Crippen molar-refractivity contribution in [2.75, 3.05) is 31.1 Å². The highest BCUT2D eigenvalue weighted by atomic mass is 32.1. The lowest BCUT2D eigenvalue weighted by atomic mass is 10.0. The number of para-hydroxylation sites is 1. The second-order valence-corrected chi connectivity index (χ2v) is 19.2. The van der Waals surface area contributed by atoms with Crippen LogP contribution in [-0.4, -0.2) is 154 Å². The molecule has 29 heteroatoms. The molecule has 23 N–H and O–H groups in total. The lowest BCUT2D eigenvalue weighted by molar-refractivity contribution is -0.141. The lowest BCUT2D eigenvalue weighted by Gasteiger charge is -2.31. The number of hydrogen-bond donors (Lipinski definition) is 21. The van der Waals surface area contributed by atoms with Gasteiger partial charge in [-0.3, -0.25) is 49.8 Å². The van der Waals surface area contributed by atoms with E-state index < -0.39 is 95.2 Å². The topological polar surface area (TPSA) is 469 Å². The number of aromatic amines is 1. The first-order chi connectivity index (χ1) is 36.4. The molecule has 0 bridgehead atoms. The molecular weight excluding hydrogens is 1040 g/mol. The summed E-state index contributed by atoms with van der Waals surface area (Å²) in [6.45, 7) is 3.21. The van der Waals surface area contributed by atoms with Gasteiger partial charge in [0.2, 0.25) is 41.4 Å². The number of thiol groups is 2. The molecule has 0 aliphatic rings. The molecule has 2 aromatic carbocycles. The van der Waals surface area contributed by atoms with E-state index in [0.717, 1.165) is 10.9 Å². The zero-order valence-corrected chi connectivity index (χ0v) is 44.7. The Labute approximate surface area is 456 Å². The van der Waals surface area contributed by atoms with Crippen molar-refractivity contribution < 1.29 is 43.5 Å². The van der Waals surface area contributed by atoms with E-state index in [1.165, 1.54) is 13.8 Å². The van der Waals surface area contributed by atoms with Gasteiger partial charge in [0.15, 0.2) is 17.9 Å². The molecule has 0 radical (unpaired) electrons. The highest BCUT2D eigenvalue weighted by Gasteiger charge is 2.37. The Morgan fingerprint density at radius 3 is 1.53 bits per heavy atom. The summed E-state index contributed by atoms with van der Waals surface area (Å²) in [5, 5.41) is 59.0. The number of H-pyrrole nitrogens is 1. The van der Waals surface area contributed by atoms with Crippen LogP contribution in [0.25, 0.3) is 10.9 Å². The molecule has 1 aromatic heterocycles. The number of rotatable bonds is 33. The van der Waals surface area contributed by atoms with Crippen molar-refractivity contribution in [2.45, 2.75) is 113 Å². The Bertz CT molecular complexity index is 2530. The predicted octanol–water partition coefficient (Wildman–Crippen LogP) is -3.18. The maximum atomic E-state index is 14.6. The molecule has 0 spiro atoms. The van der Waals surface area contributed by atoms with Gasteiger partial charge in [0.25, 0.3) is 0 Å². The number of hydrogen-bond acceptors (Lipinski definition) is 14. The largest absolute Gasteiger partial charge is 0.480 e. The van der Waals surface area contributed by atoms with Gasteiger partial charge >= 0.3 is 5.97 Å². The minimum atomic E-state index is -1.73. The number of carboxylic acid groups (broad SMARTS) is 1. The maximum Gasteiger partial charge on any atom is 0.327 e. The molecule has 0 saturated heterocycles. The molecule has 3 aromatic rings. The van der Waals surface area contributed by atoms with E-state index in [9.17, 15) is 43.5 Å². The Hall–Kier alpha value is -7.79. The quantitative estimate of drug-likeness (QED) is 0.0124. The molecule has 27 nitrogen and oxygen atoms in total. The van der Waals surface area contributed by atoms with E-state index in [2.05, 4.69) is 83.4 Å². The van der Waals surface area contributed by atoms with Crippen molar-refractivity contribution in [3.05, 3.63) is 71.9 Å². The molecule has 7 amide bonds. The van der Waals surface area contributed by atoms with Gasteiger partial charge in [-0.05, 0) is 69.6 Å². The smallest absolute Gasteiger partial charge is 0.327 e. The van der Waals surface area contributed by atoms with E-state index >= 15 is 0 Å². The summed E-state index contributed by atoms with van der Waals surface area (Å²) < 4.78 is 0. The first-order valence-electron chi connectivity index (χ1n) is 24.6. The number of fused-ring (bicyclic) bond motifs is 1. The number of amides is 7. The monoisotopic (exact) mass is 1110 g/mol. The average Bonchev–Trinajstić information content (AvgIpc) is 3.79. The van der Waals surface area contributed by atoms with E-state index in [0.29, 0.717) is 24.1 Å². The molecule has 1 heterocycles. The summed E-state index contributed by atoms with van der Waals surface area (Å²) in [6, 6.07) is 6.50. The predicted molar refractivity (Wildman–Crippen MR) is 297 cm³/mol. The third-order valence-corrected chi connectivity index (χ3v) is 12.6. The summed E-state index contributed by atoms with van der Waals surface area (Å²) in [7, 11) is 0. The fourth-order valence-corrected chi connectivity index (χ4v) is 8.10. The maximum absolute atomic E-state index is 14.6. The second kappa shape index (κ2) is 31.9. The summed E-state index contributed by atoms with van der Waals surface area (Å²) in [6.07, 6.45) is 2.13. The molecule has 422 valence electrons. The Kier molecular flexibility index (Phi) is 26.3. The van der Waals surface area contributed by atoms with Crippen LogP contribution in [0.5, 0.6) is 0 Å². The zero-order chi connectivity index (χ0) is 57.2. The number of carbonyl (C=O) groups is 8. The van der Waals surface area contributed by atoms with Crippen molar-refractivity contribution in [3.8, 4) is 0 Å². The third kappa shape index (κ3) is 22.1. The van der Waals surface area contributed by atoms with Crippen LogP contribution < -0.4 is 76.1 Å². The minimum Gasteiger partial charge on any atom is -0.480 e. The van der Waals surface area contributed by atoms with Gasteiger partial charge in [-0.25, -0.2) is 4.79 Å². The van der Waals surface area contributed by atoms with Crippen LogP contribution >= 0.6 is 25.3 Å². The highest BCUT2D eigenvalue weighted by molar-refractivity contribution is 7.80. The van der Waals surface area contributed by atoms with Crippen molar-refractivity contribution >= 4 is 101 Å². The van der Waals surface area contributed by atoms with Gasteiger partial charge in [-0.2, -0.15) is 25.3 Å². The number of guanidine groups is 3. The van der Waals surface area contributed by atoms with Crippen molar-refractivity contribution in [2.24, 2.45) is 22.9 Å². The van der Waals surface area contributed by atoms with Gasteiger partial charge in [0.05, 0.1) is 6.04 Å². The fourth-order valence-electron chi connectivity index (χ4n) is 7.60. The standard InChI is InChI=1S/C48H74N18O9S2/c1-48(2,66-42(72)35(24-76)63-37(67)29(49)14-8-18-56-45(50)51)44(75)65-32(17-10-20-58-47(54)55)39(69)61-33(21-26-11-4-3-5-12-26)40(70)60-31(16-9-19-57-46(52)53)38(68)62-34(41(71)64-36(25-77)43(73)74)22-27-23-59-30-15-7-6-13-28(27)30/h3-7,11-13,15,23,29,31-36,59,76-77H,8-10,14,16-22,24-25,49H2,1-2H3,(H,60,70)(H,61,69)(H,62,68)(H,63,67)(H,64,71)(H,65,75)(H,66,72)(H,73,74)(H4,50,51,56)(H4,52,53,57)(H4,54,55,58)/t29-,31-,32-,33+,34-,35-,36-/m0/s1. The van der Waals surface area contributed by atoms with Crippen LogP contribution in [0.15, 0.2) is 60.8 Å². The molecule has 0 unspecified atom stereocenters. The Morgan fingerprint density at radius 1 is 0.571 bits per heavy atom. The Balaban J connectivity index is 1.94. The number of aromatic nitrogens is 1. The van der Waals surface area contributed by atoms with Crippen LogP contribution in [0.4, 0.5) is 0 Å². The first kappa shape index (κ1) is 63.5. The molecule has 0 saturated carbocycles. The molecule has 77 heavy (non-hydrogen) atoms. The van der Waals surface area contributed by atoms with Gasteiger partial charge < -0.3 is 86.2 Å². The van der Waals surface area contributed by atoms with Crippen LogP contribution in [0.2, 0.25) is 0 Å². The van der Waals surface area contributed by atoms with Gasteiger partial charge in [-0.15, -0.1) is 0 Å². The number of benzene rings is 2. The lowest BCUT2D eigenvalue weighted by Crippen LogP contribution is -2.63. The molecule has 3 rings (SSSR count). The summed E-state index contributed by atoms with van der Waals surface area (Å²) >= 11 is 8.27. The number of carboxylic acids is 1. The van der Waals surface area contributed by atoms with E-state index in [4.69, 9.17) is 39.2 Å². The number of carbonyl (C=O) groups excluding carboxylic acids is 7. The second-order valence-electron chi connectivity index (χ2n) is 18.5. The average molecular weight is 1110 g/mol. The molecule has 0 fully saturated rings. The van der Waals surface area contributed by atoms with Crippen LogP contribution in [0, 0.1) is 16.2 Å². The molecule has 0 aliphatic heterocycles. The fraction of sp³-hybridized carbons (Fsp3) is 0.479. The minimum absolute atomic E-state index is 0.0826. The van der Waals surface area contributed by atoms with Crippen molar-refractivity contribution in [1.29, 1.82) is 16.2 Å². The van der Waals surface area contributed by atoms with E-state index in [-0.39, 0.29) is 87.4 Å². The summed E-state index contributed by atoms with van der Waals surface area (Å²) in [4.78, 5) is 113. The highest BCUT2D eigenvalue weighted by Crippen LogP contribution is 2.20. The summed E-state index contributed by atoms with van der Waals surface area (Å²) in [5.41, 5.74) is 22.5. The Morgan fingerprint density at radius 2 is 1.01 bits per heavy atom. The number of aliphatic carboxylic acids is 1. The molecular formula is C48H74N18O9S2.